The van der Waals surface area contributed by atoms with Gasteiger partial charge in [0.05, 0.1) is 10.6 Å². The number of carbonyl (C=O) groups excluding carboxylic acids is 1. The predicted octanol–water partition coefficient (Wildman–Crippen LogP) is 2.40. The molecule has 122 valence electrons. The Morgan fingerprint density at radius 1 is 1.30 bits per heavy atom. The summed E-state index contributed by atoms with van der Waals surface area (Å²) in [6.45, 7) is 3.91. The normalized spacial score (nSPS) is 11.7. The average molecular weight is 351 g/mol. The van der Waals surface area contributed by atoms with Crippen LogP contribution < -0.4 is 10.0 Å². The van der Waals surface area contributed by atoms with Crippen LogP contribution >= 0.6 is 11.3 Å². The summed E-state index contributed by atoms with van der Waals surface area (Å²) < 4.78 is 26.1. The maximum absolute atomic E-state index is 11.8. The molecular formula is C15H17N3O3S2. The quantitative estimate of drug-likeness (QED) is 0.782. The average Bonchev–Trinajstić information content (AvgIpc) is 2.90. The van der Waals surface area contributed by atoms with E-state index in [-0.39, 0.29) is 10.8 Å². The topological polar surface area (TPSA) is 88.2 Å². The molecule has 0 saturated heterocycles. The van der Waals surface area contributed by atoms with Crippen molar-refractivity contribution >= 4 is 38.5 Å². The number of aryl methyl sites for hydroxylation is 1. The minimum absolute atomic E-state index is 0.194. The number of aromatic nitrogens is 1. The van der Waals surface area contributed by atoms with Gasteiger partial charge in [-0.2, -0.15) is 0 Å². The van der Waals surface area contributed by atoms with Gasteiger partial charge in [-0.05, 0) is 30.7 Å². The van der Waals surface area contributed by atoms with Crippen LogP contribution in [0.4, 0.5) is 5.13 Å². The van der Waals surface area contributed by atoms with Crippen molar-refractivity contribution in [3.05, 3.63) is 47.0 Å². The highest BCUT2D eigenvalue weighted by Crippen LogP contribution is 2.15. The number of sulfonamides is 1. The van der Waals surface area contributed by atoms with E-state index in [1.807, 2.05) is 12.3 Å². The summed E-state index contributed by atoms with van der Waals surface area (Å²) in [5.74, 6) is -0.288. The number of anilines is 1. The summed E-state index contributed by atoms with van der Waals surface area (Å²) in [6, 6.07) is 6.28. The molecule has 0 atom stereocenters. The van der Waals surface area contributed by atoms with Gasteiger partial charge in [0.25, 0.3) is 0 Å². The molecule has 0 aliphatic heterocycles. The minimum atomic E-state index is -3.46. The van der Waals surface area contributed by atoms with Gasteiger partial charge >= 0.3 is 0 Å². The van der Waals surface area contributed by atoms with Crippen LogP contribution in [0.2, 0.25) is 0 Å². The fourth-order valence-corrected chi connectivity index (χ4v) is 3.49. The van der Waals surface area contributed by atoms with Gasteiger partial charge in [0.15, 0.2) is 5.13 Å². The van der Waals surface area contributed by atoms with Gasteiger partial charge < -0.3 is 0 Å². The van der Waals surface area contributed by atoms with E-state index >= 15 is 0 Å². The van der Waals surface area contributed by atoms with Gasteiger partial charge in [-0.1, -0.05) is 19.1 Å². The molecule has 1 amide bonds. The number of amides is 1. The molecule has 0 radical (unpaired) electrons. The Balaban J connectivity index is 2.01. The third kappa shape index (κ3) is 4.98. The second-order valence-electron chi connectivity index (χ2n) is 4.69. The lowest BCUT2D eigenvalue weighted by Gasteiger charge is -2.04. The lowest BCUT2D eigenvalue weighted by atomic mass is 10.2. The van der Waals surface area contributed by atoms with E-state index in [4.69, 9.17) is 0 Å². The molecule has 1 aromatic carbocycles. The van der Waals surface area contributed by atoms with Crippen molar-refractivity contribution in [1.82, 2.24) is 9.71 Å². The first-order valence-electron chi connectivity index (χ1n) is 6.91. The monoisotopic (exact) mass is 351 g/mol. The number of benzene rings is 1. The fraction of sp³-hybridized carbons (Fsp3) is 0.200. The van der Waals surface area contributed by atoms with E-state index in [0.717, 1.165) is 11.3 Å². The zero-order chi connectivity index (χ0) is 16.9. The van der Waals surface area contributed by atoms with Crippen molar-refractivity contribution in [2.24, 2.45) is 0 Å². The molecule has 0 saturated carbocycles. The summed E-state index contributed by atoms with van der Waals surface area (Å²) in [7, 11) is -3.46. The highest BCUT2D eigenvalue weighted by atomic mass is 32.2. The van der Waals surface area contributed by atoms with Crippen molar-refractivity contribution in [3.63, 3.8) is 0 Å². The molecule has 2 aromatic rings. The first-order chi connectivity index (χ1) is 10.9. The molecule has 2 N–H and O–H groups in total. The molecular weight excluding hydrogens is 334 g/mol. The minimum Gasteiger partial charge on any atom is -0.298 e. The first kappa shape index (κ1) is 17.3. The molecule has 0 bridgehead atoms. The number of hydrogen-bond donors (Lipinski definition) is 2. The van der Waals surface area contributed by atoms with Crippen LogP contribution in [-0.2, 0) is 14.8 Å². The van der Waals surface area contributed by atoms with Gasteiger partial charge in [0.1, 0.15) is 0 Å². The van der Waals surface area contributed by atoms with Crippen LogP contribution in [0.25, 0.3) is 6.08 Å². The molecule has 0 aliphatic carbocycles. The maximum atomic E-state index is 11.8. The molecule has 0 unspecified atom stereocenters. The molecule has 8 heteroatoms. The van der Waals surface area contributed by atoms with Gasteiger partial charge in [-0.25, -0.2) is 18.1 Å². The summed E-state index contributed by atoms with van der Waals surface area (Å²) >= 11 is 1.36. The standard InChI is InChI=1S/C15H17N3O3S2/c1-3-16-23(20,21)13-7-4-12(5-8-13)6-9-14(19)18-15-17-11(2)10-22-15/h4-10,16H,3H2,1-2H3,(H,17,18,19)/b9-6+. The molecule has 0 spiro atoms. The van der Waals surface area contributed by atoms with Crippen LogP contribution in [0, 0.1) is 6.92 Å². The molecule has 0 fully saturated rings. The van der Waals surface area contributed by atoms with Crippen molar-refractivity contribution < 1.29 is 13.2 Å². The smallest absolute Gasteiger partial charge is 0.250 e. The number of rotatable bonds is 6. The van der Waals surface area contributed by atoms with Crippen molar-refractivity contribution in [1.29, 1.82) is 0 Å². The Bertz CT molecular complexity index is 809. The Morgan fingerprint density at radius 2 is 2.00 bits per heavy atom. The first-order valence-corrected chi connectivity index (χ1v) is 9.28. The van der Waals surface area contributed by atoms with Crippen molar-refractivity contribution in [2.45, 2.75) is 18.7 Å². The highest BCUT2D eigenvalue weighted by Gasteiger charge is 2.11. The molecule has 1 aromatic heterocycles. The Kier molecular flexibility index (Phi) is 5.64. The number of nitrogens with zero attached hydrogens (tertiary/aromatic N) is 1. The summed E-state index contributed by atoms with van der Waals surface area (Å²) in [6.07, 6.45) is 2.99. The number of thiazole rings is 1. The van der Waals surface area contributed by atoms with Crippen LogP contribution in [0.5, 0.6) is 0 Å². The predicted molar refractivity (Wildman–Crippen MR) is 91.8 cm³/mol. The largest absolute Gasteiger partial charge is 0.298 e. The summed E-state index contributed by atoms with van der Waals surface area (Å²) in [4.78, 5) is 16.1. The van der Waals surface area contributed by atoms with Gasteiger partial charge in [-0.3, -0.25) is 10.1 Å². The summed E-state index contributed by atoms with van der Waals surface area (Å²) in [5.41, 5.74) is 1.58. The molecule has 0 aliphatic rings. The van der Waals surface area contributed by atoms with Crippen LogP contribution in [0.15, 0.2) is 40.6 Å². The van der Waals surface area contributed by atoms with Gasteiger partial charge in [0.2, 0.25) is 15.9 Å². The van der Waals surface area contributed by atoms with E-state index in [2.05, 4.69) is 15.0 Å². The van der Waals surface area contributed by atoms with Crippen molar-refractivity contribution in [3.8, 4) is 0 Å². The number of carbonyl (C=O) groups is 1. The fourth-order valence-electron chi connectivity index (χ4n) is 1.76. The SMILES string of the molecule is CCNS(=O)(=O)c1ccc(/C=C/C(=O)Nc2nc(C)cs2)cc1. The second kappa shape index (κ2) is 7.49. The Morgan fingerprint density at radius 3 is 2.57 bits per heavy atom. The van der Waals surface area contributed by atoms with Gasteiger partial charge in [-0.15, -0.1) is 11.3 Å². The second-order valence-corrected chi connectivity index (χ2v) is 7.31. The van der Waals surface area contributed by atoms with E-state index in [1.54, 1.807) is 25.1 Å². The maximum Gasteiger partial charge on any atom is 0.250 e. The molecule has 6 nitrogen and oxygen atoms in total. The van der Waals surface area contributed by atoms with Crippen LogP contribution in [0.3, 0.4) is 0 Å². The zero-order valence-electron chi connectivity index (χ0n) is 12.7. The third-order valence-electron chi connectivity index (χ3n) is 2.80. The Labute approximate surface area is 139 Å². The lowest BCUT2D eigenvalue weighted by molar-refractivity contribution is -0.111. The number of nitrogens with one attached hydrogen (secondary N) is 2. The van der Waals surface area contributed by atoms with E-state index in [1.165, 1.54) is 29.5 Å². The number of hydrogen-bond acceptors (Lipinski definition) is 5. The van der Waals surface area contributed by atoms with E-state index < -0.39 is 10.0 Å². The van der Waals surface area contributed by atoms with Crippen molar-refractivity contribution in [2.75, 3.05) is 11.9 Å². The van der Waals surface area contributed by atoms with E-state index in [0.29, 0.717) is 11.7 Å². The molecule has 23 heavy (non-hydrogen) atoms. The van der Waals surface area contributed by atoms with Gasteiger partial charge in [0, 0.05) is 18.0 Å². The molecule has 2 rings (SSSR count). The molecule has 1 heterocycles. The summed E-state index contributed by atoms with van der Waals surface area (Å²) in [5, 5.41) is 5.06. The lowest BCUT2D eigenvalue weighted by Crippen LogP contribution is -2.22. The Hall–Kier alpha value is -2.03. The highest BCUT2D eigenvalue weighted by molar-refractivity contribution is 7.89. The van der Waals surface area contributed by atoms with E-state index in [9.17, 15) is 13.2 Å². The van der Waals surface area contributed by atoms with Crippen LogP contribution in [0.1, 0.15) is 18.2 Å². The third-order valence-corrected chi connectivity index (χ3v) is 5.24. The zero-order valence-corrected chi connectivity index (χ0v) is 14.4. The van der Waals surface area contributed by atoms with Crippen LogP contribution in [-0.4, -0.2) is 25.9 Å².